The summed E-state index contributed by atoms with van der Waals surface area (Å²) in [6, 6.07) is 3.55. The molecule has 0 aliphatic carbocycles. The number of benzene rings is 1. The Hall–Kier alpha value is -2.31. The Bertz CT molecular complexity index is 643. The van der Waals surface area contributed by atoms with Gasteiger partial charge in [0.05, 0.1) is 6.42 Å². The van der Waals surface area contributed by atoms with Gasteiger partial charge in [0.25, 0.3) is 0 Å². The van der Waals surface area contributed by atoms with Crippen molar-refractivity contribution in [1.29, 1.82) is 0 Å². The number of rotatable bonds is 6. The molecule has 2 rings (SSSR count). The lowest BCUT2D eigenvalue weighted by Crippen LogP contribution is -2.07. The number of carboxylic acid groups (broad SMARTS) is 1. The van der Waals surface area contributed by atoms with Gasteiger partial charge in [-0.2, -0.15) is 0 Å². The van der Waals surface area contributed by atoms with Gasteiger partial charge in [0.15, 0.2) is 11.6 Å². The zero-order chi connectivity index (χ0) is 15.4. The van der Waals surface area contributed by atoms with Crippen LogP contribution in [0.1, 0.15) is 30.7 Å². The maximum Gasteiger partial charge on any atom is 0.303 e. The summed E-state index contributed by atoms with van der Waals surface area (Å²) in [4.78, 5) is 10.6. The Morgan fingerprint density at radius 3 is 2.67 bits per heavy atom. The average Bonchev–Trinajstić information content (AvgIpc) is 2.80. The van der Waals surface area contributed by atoms with Crippen molar-refractivity contribution in [2.75, 3.05) is 0 Å². The molecular weight excluding hydrogens is 282 g/mol. The van der Waals surface area contributed by atoms with Crippen molar-refractivity contribution in [2.24, 2.45) is 5.92 Å². The predicted molar refractivity (Wildman–Crippen MR) is 68.6 cm³/mol. The van der Waals surface area contributed by atoms with Gasteiger partial charge in [0, 0.05) is 12.8 Å². The van der Waals surface area contributed by atoms with Crippen LogP contribution in [0.5, 0.6) is 0 Å². The first-order chi connectivity index (χ1) is 9.94. The van der Waals surface area contributed by atoms with Gasteiger partial charge in [-0.3, -0.25) is 4.79 Å². The number of aromatic nitrogens is 2. The van der Waals surface area contributed by atoms with Crippen LogP contribution in [0.2, 0.25) is 0 Å². The molecule has 0 saturated carbocycles. The summed E-state index contributed by atoms with van der Waals surface area (Å²) in [5.74, 6) is -2.24. The molecule has 0 aliphatic rings. The van der Waals surface area contributed by atoms with E-state index in [-0.39, 0.29) is 24.7 Å². The molecule has 5 nitrogen and oxygen atoms in total. The Labute approximate surface area is 119 Å². The zero-order valence-electron chi connectivity index (χ0n) is 11.3. The van der Waals surface area contributed by atoms with Gasteiger partial charge in [-0.15, -0.1) is 10.2 Å². The highest BCUT2D eigenvalue weighted by molar-refractivity contribution is 5.66. The Kier molecular flexibility index (Phi) is 4.62. The Morgan fingerprint density at radius 2 is 2.00 bits per heavy atom. The van der Waals surface area contributed by atoms with Crippen LogP contribution < -0.4 is 0 Å². The summed E-state index contributed by atoms with van der Waals surface area (Å²) in [6.07, 6.45) is 0.565. The highest BCUT2D eigenvalue weighted by Crippen LogP contribution is 2.15. The molecule has 0 aliphatic heterocycles. The monoisotopic (exact) mass is 296 g/mol. The van der Waals surface area contributed by atoms with E-state index in [1.165, 1.54) is 6.07 Å². The summed E-state index contributed by atoms with van der Waals surface area (Å²) in [5.41, 5.74) is 0.516. The summed E-state index contributed by atoms with van der Waals surface area (Å²) < 4.78 is 31.3. The minimum Gasteiger partial charge on any atom is -0.481 e. The molecule has 7 heteroatoms. The van der Waals surface area contributed by atoms with Crippen LogP contribution in [0.25, 0.3) is 0 Å². The third kappa shape index (κ3) is 4.34. The number of carboxylic acids is 1. The van der Waals surface area contributed by atoms with Crippen molar-refractivity contribution in [3.8, 4) is 0 Å². The van der Waals surface area contributed by atoms with E-state index in [1.807, 2.05) is 0 Å². The van der Waals surface area contributed by atoms with E-state index < -0.39 is 17.6 Å². The van der Waals surface area contributed by atoms with E-state index in [1.54, 1.807) is 6.92 Å². The van der Waals surface area contributed by atoms with Crippen LogP contribution in [0, 0.1) is 17.6 Å². The minimum atomic E-state index is -0.928. The van der Waals surface area contributed by atoms with Crippen molar-refractivity contribution in [3.05, 3.63) is 47.2 Å². The molecule has 1 N–H and O–H groups in total. The molecule has 112 valence electrons. The second-order valence-electron chi connectivity index (χ2n) is 4.92. The van der Waals surface area contributed by atoms with Gasteiger partial charge in [0.1, 0.15) is 0 Å². The Morgan fingerprint density at radius 1 is 1.29 bits per heavy atom. The van der Waals surface area contributed by atoms with Crippen molar-refractivity contribution in [2.45, 2.75) is 26.2 Å². The number of halogens is 2. The highest BCUT2D eigenvalue weighted by Gasteiger charge is 2.14. The van der Waals surface area contributed by atoms with E-state index >= 15 is 0 Å². The fourth-order valence-electron chi connectivity index (χ4n) is 1.93. The van der Waals surface area contributed by atoms with Crippen LogP contribution in [0.4, 0.5) is 8.78 Å². The molecule has 0 radical (unpaired) electrons. The molecule has 0 amide bonds. The van der Waals surface area contributed by atoms with E-state index in [2.05, 4.69) is 10.2 Å². The molecular formula is C14H14F2N2O3. The zero-order valence-corrected chi connectivity index (χ0v) is 11.3. The van der Waals surface area contributed by atoms with Gasteiger partial charge in [-0.05, 0) is 23.6 Å². The molecule has 0 bridgehead atoms. The van der Waals surface area contributed by atoms with Gasteiger partial charge >= 0.3 is 5.97 Å². The first-order valence-corrected chi connectivity index (χ1v) is 6.41. The summed E-state index contributed by atoms with van der Waals surface area (Å²) in [5, 5.41) is 16.3. The number of hydrogen-bond acceptors (Lipinski definition) is 4. The van der Waals surface area contributed by atoms with Crippen molar-refractivity contribution in [3.63, 3.8) is 0 Å². The lowest BCUT2D eigenvalue weighted by atomic mass is 10.0. The van der Waals surface area contributed by atoms with Crippen LogP contribution in [0.15, 0.2) is 22.6 Å². The fourth-order valence-corrected chi connectivity index (χ4v) is 1.93. The molecule has 1 atom stereocenters. The quantitative estimate of drug-likeness (QED) is 0.886. The van der Waals surface area contributed by atoms with E-state index in [0.717, 1.165) is 12.1 Å². The van der Waals surface area contributed by atoms with Crippen LogP contribution >= 0.6 is 0 Å². The van der Waals surface area contributed by atoms with Gasteiger partial charge in [-0.1, -0.05) is 13.0 Å². The lowest BCUT2D eigenvalue weighted by Gasteiger charge is -2.03. The molecule has 0 spiro atoms. The standard InChI is InChI=1S/C14H14F2N2O3/c1-8(5-14(19)20)4-12-17-18-13(21-12)7-9-2-3-10(15)11(16)6-9/h2-3,6,8H,4-5,7H2,1H3,(H,19,20). The molecule has 0 saturated heterocycles. The second kappa shape index (κ2) is 6.43. The second-order valence-corrected chi connectivity index (χ2v) is 4.92. The van der Waals surface area contributed by atoms with Crippen molar-refractivity contribution in [1.82, 2.24) is 10.2 Å². The molecule has 1 aromatic heterocycles. The predicted octanol–water partition coefficient (Wildman–Crippen LogP) is 2.59. The molecule has 0 fully saturated rings. The van der Waals surface area contributed by atoms with Gasteiger partial charge in [0.2, 0.25) is 11.8 Å². The van der Waals surface area contributed by atoms with E-state index in [0.29, 0.717) is 17.9 Å². The highest BCUT2D eigenvalue weighted by atomic mass is 19.2. The molecule has 1 heterocycles. The summed E-state index contributed by atoms with van der Waals surface area (Å²) >= 11 is 0. The Balaban J connectivity index is 1.99. The maximum atomic E-state index is 13.1. The molecule has 1 aromatic carbocycles. The van der Waals surface area contributed by atoms with Crippen LogP contribution in [-0.2, 0) is 17.6 Å². The maximum absolute atomic E-state index is 13.1. The van der Waals surface area contributed by atoms with E-state index in [4.69, 9.17) is 9.52 Å². The third-order valence-corrected chi connectivity index (χ3v) is 2.89. The lowest BCUT2D eigenvalue weighted by molar-refractivity contribution is -0.137. The number of nitrogens with zero attached hydrogens (tertiary/aromatic N) is 2. The first kappa shape index (κ1) is 15.1. The molecule has 1 unspecified atom stereocenters. The van der Waals surface area contributed by atoms with Gasteiger partial charge in [-0.25, -0.2) is 8.78 Å². The average molecular weight is 296 g/mol. The van der Waals surface area contributed by atoms with Crippen LogP contribution in [0.3, 0.4) is 0 Å². The SMILES string of the molecule is CC(CC(=O)O)Cc1nnc(Cc2ccc(F)c(F)c2)o1. The van der Waals surface area contributed by atoms with E-state index in [9.17, 15) is 13.6 Å². The van der Waals surface area contributed by atoms with Crippen LogP contribution in [-0.4, -0.2) is 21.3 Å². The number of aliphatic carboxylic acids is 1. The third-order valence-electron chi connectivity index (χ3n) is 2.89. The normalized spacial score (nSPS) is 12.3. The number of carbonyl (C=O) groups is 1. The first-order valence-electron chi connectivity index (χ1n) is 6.41. The number of hydrogen-bond donors (Lipinski definition) is 1. The summed E-state index contributed by atoms with van der Waals surface area (Å²) in [6.45, 7) is 1.77. The summed E-state index contributed by atoms with van der Waals surface area (Å²) in [7, 11) is 0. The molecule has 21 heavy (non-hydrogen) atoms. The largest absolute Gasteiger partial charge is 0.481 e. The smallest absolute Gasteiger partial charge is 0.303 e. The van der Waals surface area contributed by atoms with Crippen molar-refractivity contribution >= 4 is 5.97 Å². The minimum absolute atomic E-state index is 0.0148. The topological polar surface area (TPSA) is 76.2 Å². The van der Waals surface area contributed by atoms with Crippen molar-refractivity contribution < 1.29 is 23.1 Å². The van der Waals surface area contributed by atoms with Gasteiger partial charge < -0.3 is 9.52 Å². The fraction of sp³-hybridized carbons (Fsp3) is 0.357. The molecule has 2 aromatic rings.